The number of alkyl carbamates (subject to hydrolysis) is 1. The van der Waals surface area contributed by atoms with Gasteiger partial charge in [-0.2, -0.15) is 0 Å². The molecule has 3 aromatic rings. The van der Waals surface area contributed by atoms with Crippen LogP contribution in [0.3, 0.4) is 0 Å². The van der Waals surface area contributed by atoms with E-state index in [0.717, 1.165) is 33.4 Å². The third-order valence-electron chi connectivity index (χ3n) is 6.12. The van der Waals surface area contributed by atoms with Gasteiger partial charge in [0.1, 0.15) is 11.6 Å². The summed E-state index contributed by atoms with van der Waals surface area (Å²) in [5.41, 5.74) is 5.54. The molecule has 0 spiro atoms. The summed E-state index contributed by atoms with van der Waals surface area (Å²) in [6.07, 6.45) is -0.00782. The summed E-state index contributed by atoms with van der Waals surface area (Å²) in [6, 6.07) is 20.8. The molecule has 0 heterocycles. The van der Waals surface area contributed by atoms with Crippen LogP contribution in [0, 0.1) is 13.8 Å². The van der Waals surface area contributed by atoms with Crippen LogP contribution in [0.25, 0.3) is 11.1 Å². The lowest BCUT2D eigenvalue weighted by molar-refractivity contribution is -0.139. The number of ether oxygens (including phenoxy) is 1. The maximum absolute atomic E-state index is 12.8. The summed E-state index contributed by atoms with van der Waals surface area (Å²) in [5, 5.41) is 15.0. The molecule has 38 heavy (non-hydrogen) atoms. The average molecular weight is 517 g/mol. The minimum absolute atomic E-state index is 0.0765. The Balaban J connectivity index is 1.59. The Morgan fingerprint density at radius 2 is 1.47 bits per heavy atom. The number of carbonyl (C=O) groups excluding carboxylic acids is 2. The Labute approximate surface area is 224 Å². The zero-order valence-electron chi connectivity index (χ0n) is 22.6. The van der Waals surface area contributed by atoms with Crippen LogP contribution < -0.4 is 10.6 Å². The minimum atomic E-state index is -1.16. The van der Waals surface area contributed by atoms with E-state index in [1.807, 2.05) is 32.0 Å². The van der Waals surface area contributed by atoms with Crippen molar-refractivity contribution >= 4 is 18.0 Å². The second-order valence-electron chi connectivity index (χ2n) is 10.4. The van der Waals surface area contributed by atoms with Gasteiger partial charge >= 0.3 is 12.1 Å². The van der Waals surface area contributed by atoms with Crippen molar-refractivity contribution < 1.29 is 24.2 Å². The summed E-state index contributed by atoms with van der Waals surface area (Å²) in [6.45, 7) is 9.29. The fraction of sp³-hybridized carbons (Fsp3) is 0.323. The van der Waals surface area contributed by atoms with Gasteiger partial charge in [-0.3, -0.25) is 4.79 Å². The van der Waals surface area contributed by atoms with E-state index in [-0.39, 0.29) is 12.3 Å². The van der Waals surface area contributed by atoms with Crippen molar-refractivity contribution in [1.82, 2.24) is 10.6 Å². The monoisotopic (exact) mass is 516 g/mol. The number of carboxylic acid groups (broad SMARTS) is 1. The van der Waals surface area contributed by atoms with Crippen molar-refractivity contribution in [3.8, 4) is 11.1 Å². The van der Waals surface area contributed by atoms with Gasteiger partial charge in [0.05, 0.1) is 0 Å². The molecule has 0 aliphatic rings. The second-order valence-corrected chi connectivity index (χ2v) is 10.4. The quantitative estimate of drug-likeness (QED) is 0.350. The second kappa shape index (κ2) is 12.4. The number of rotatable bonds is 9. The van der Waals surface area contributed by atoms with Gasteiger partial charge in [-0.1, -0.05) is 54.6 Å². The van der Waals surface area contributed by atoms with Crippen LogP contribution in [0.4, 0.5) is 4.79 Å². The summed E-state index contributed by atoms with van der Waals surface area (Å²) in [5.74, 6) is -1.35. The summed E-state index contributed by atoms with van der Waals surface area (Å²) < 4.78 is 5.20. The molecule has 3 N–H and O–H groups in total. The van der Waals surface area contributed by atoms with Crippen molar-refractivity contribution in [3.05, 3.63) is 94.5 Å². The van der Waals surface area contributed by atoms with Crippen LogP contribution in [0.15, 0.2) is 66.7 Å². The number of hydrogen-bond acceptors (Lipinski definition) is 4. The highest BCUT2D eigenvalue weighted by molar-refractivity contribution is 5.94. The van der Waals surface area contributed by atoms with Gasteiger partial charge in [-0.05, 0) is 86.6 Å². The van der Waals surface area contributed by atoms with Crippen LogP contribution in [0.5, 0.6) is 0 Å². The lowest BCUT2D eigenvalue weighted by Crippen LogP contribution is -2.44. The Bertz CT molecular complexity index is 1250. The molecule has 0 aliphatic heterocycles. The Kier molecular flexibility index (Phi) is 9.29. The van der Waals surface area contributed by atoms with Gasteiger partial charge in [0.15, 0.2) is 0 Å². The van der Waals surface area contributed by atoms with Crippen LogP contribution in [0.2, 0.25) is 0 Å². The van der Waals surface area contributed by atoms with Gasteiger partial charge in [0.25, 0.3) is 5.91 Å². The fourth-order valence-electron chi connectivity index (χ4n) is 4.22. The maximum Gasteiger partial charge on any atom is 0.408 e. The molecule has 0 saturated carbocycles. The SMILES string of the molecule is Cc1cc(C(=O)NCCc2ccc(-c3ccccc3)cc2)cc(C)c1C[C@H](NC(=O)OC(C)(C)C)C(=O)O. The maximum atomic E-state index is 12.8. The first-order valence-corrected chi connectivity index (χ1v) is 12.7. The summed E-state index contributed by atoms with van der Waals surface area (Å²) >= 11 is 0. The van der Waals surface area contributed by atoms with E-state index in [4.69, 9.17) is 4.74 Å². The van der Waals surface area contributed by atoms with E-state index in [2.05, 4.69) is 47.0 Å². The summed E-state index contributed by atoms with van der Waals surface area (Å²) in [7, 11) is 0. The van der Waals surface area contributed by atoms with Gasteiger partial charge in [0, 0.05) is 18.5 Å². The molecule has 200 valence electrons. The molecular formula is C31H36N2O5. The van der Waals surface area contributed by atoms with E-state index in [1.165, 1.54) is 0 Å². The number of carbonyl (C=O) groups is 3. The largest absolute Gasteiger partial charge is 0.480 e. The molecule has 0 radical (unpaired) electrons. The number of aryl methyl sites for hydroxylation is 2. The average Bonchev–Trinajstić information content (AvgIpc) is 2.85. The number of benzene rings is 3. The number of nitrogens with one attached hydrogen (secondary N) is 2. The first-order valence-electron chi connectivity index (χ1n) is 12.7. The molecule has 0 aromatic heterocycles. The molecule has 0 saturated heterocycles. The third kappa shape index (κ3) is 8.20. The highest BCUT2D eigenvalue weighted by Crippen LogP contribution is 2.21. The van der Waals surface area contributed by atoms with Crippen LogP contribution in [-0.4, -0.2) is 41.3 Å². The predicted molar refractivity (Wildman–Crippen MR) is 148 cm³/mol. The first kappa shape index (κ1) is 28.4. The van der Waals surface area contributed by atoms with E-state index in [0.29, 0.717) is 18.5 Å². The van der Waals surface area contributed by atoms with E-state index < -0.39 is 23.7 Å². The lowest BCUT2D eigenvalue weighted by atomic mass is 9.93. The van der Waals surface area contributed by atoms with Gasteiger partial charge in [-0.25, -0.2) is 9.59 Å². The smallest absolute Gasteiger partial charge is 0.408 e. The van der Waals surface area contributed by atoms with Gasteiger partial charge in [0.2, 0.25) is 0 Å². The van der Waals surface area contributed by atoms with Crippen LogP contribution in [-0.2, 0) is 22.4 Å². The zero-order chi connectivity index (χ0) is 27.9. The Morgan fingerprint density at radius 3 is 2.03 bits per heavy atom. The first-order chi connectivity index (χ1) is 17.9. The molecule has 3 aromatic carbocycles. The molecular weight excluding hydrogens is 480 g/mol. The van der Waals surface area contributed by atoms with E-state index >= 15 is 0 Å². The Morgan fingerprint density at radius 1 is 0.895 bits per heavy atom. The zero-order valence-corrected chi connectivity index (χ0v) is 22.6. The minimum Gasteiger partial charge on any atom is -0.480 e. The topological polar surface area (TPSA) is 105 Å². The molecule has 7 heteroatoms. The van der Waals surface area contributed by atoms with Crippen LogP contribution >= 0.6 is 0 Å². The van der Waals surface area contributed by atoms with Crippen LogP contribution in [0.1, 0.15) is 53.4 Å². The predicted octanol–water partition coefficient (Wildman–Crippen LogP) is 5.46. The van der Waals surface area contributed by atoms with Crippen molar-refractivity contribution in [2.45, 2.75) is 59.1 Å². The lowest BCUT2D eigenvalue weighted by Gasteiger charge is -2.23. The van der Waals surface area contributed by atoms with Gasteiger partial charge < -0.3 is 20.5 Å². The number of carboxylic acids is 1. The van der Waals surface area contributed by atoms with Crippen molar-refractivity contribution in [2.75, 3.05) is 6.54 Å². The molecule has 0 aliphatic carbocycles. The van der Waals surface area contributed by atoms with E-state index in [1.54, 1.807) is 32.9 Å². The molecule has 0 unspecified atom stereocenters. The van der Waals surface area contributed by atoms with Crippen molar-refractivity contribution in [1.29, 1.82) is 0 Å². The molecule has 0 fully saturated rings. The fourth-order valence-corrected chi connectivity index (χ4v) is 4.22. The normalized spacial score (nSPS) is 11.9. The number of aliphatic carboxylic acids is 1. The van der Waals surface area contributed by atoms with Crippen molar-refractivity contribution in [2.24, 2.45) is 0 Å². The van der Waals surface area contributed by atoms with Crippen molar-refractivity contribution in [3.63, 3.8) is 0 Å². The molecule has 0 bridgehead atoms. The van der Waals surface area contributed by atoms with E-state index in [9.17, 15) is 19.5 Å². The number of hydrogen-bond donors (Lipinski definition) is 3. The van der Waals surface area contributed by atoms with Gasteiger partial charge in [-0.15, -0.1) is 0 Å². The Hall–Kier alpha value is -4.13. The molecule has 7 nitrogen and oxygen atoms in total. The summed E-state index contributed by atoms with van der Waals surface area (Å²) in [4.78, 5) is 36.7. The molecule has 2 amide bonds. The third-order valence-corrected chi connectivity index (χ3v) is 6.12. The number of amides is 2. The molecule has 3 rings (SSSR count). The highest BCUT2D eigenvalue weighted by Gasteiger charge is 2.25. The standard InChI is InChI=1S/C31H36N2O5/c1-20-17-25(18-21(2)26(20)19-27(29(35)36)33-30(37)38-31(3,4)5)28(34)32-16-15-22-11-13-24(14-12-22)23-9-7-6-8-10-23/h6-14,17-18,27H,15-16,19H2,1-5H3,(H,32,34)(H,33,37)(H,35,36)/t27-/m0/s1. The highest BCUT2D eigenvalue weighted by atomic mass is 16.6. The molecule has 1 atom stereocenters.